The van der Waals surface area contributed by atoms with Crippen molar-refractivity contribution in [3.8, 4) is 0 Å². The number of quaternary nitrogens is 1. The number of nitrogens with zero attached hydrogens (tertiary/aromatic N) is 4. The highest BCUT2D eigenvalue weighted by atomic mass is 16.3. The number of carbonyl (C=O) groups excluding carboxylic acids is 1. The SMILES string of the molecule is CC(C)C(CO)=NC(=O)C1=C[N+](C)(C)c2c1nc(C1CC1)c[n+]2C. The zero-order chi connectivity index (χ0) is 17.6. The minimum absolute atomic E-state index is 0.0322. The van der Waals surface area contributed by atoms with Crippen molar-refractivity contribution < 1.29 is 14.5 Å². The first kappa shape index (κ1) is 16.9. The van der Waals surface area contributed by atoms with Gasteiger partial charge in [-0.3, -0.25) is 4.79 Å². The quantitative estimate of drug-likeness (QED) is 0.514. The fourth-order valence-electron chi connectivity index (χ4n) is 3.21. The number of aliphatic imine (C=N–C) groups is 1. The lowest BCUT2D eigenvalue weighted by atomic mass is 10.1. The molecule has 3 rings (SSSR count). The predicted molar refractivity (Wildman–Crippen MR) is 93.4 cm³/mol. The van der Waals surface area contributed by atoms with E-state index in [1.807, 2.05) is 41.2 Å². The summed E-state index contributed by atoms with van der Waals surface area (Å²) in [6, 6.07) is 0. The third-order valence-corrected chi connectivity index (χ3v) is 4.67. The van der Waals surface area contributed by atoms with Crippen LogP contribution in [0.1, 0.15) is 44.0 Å². The minimum Gasteiger partial charge on any atom is -0.390 e. The van der Waals surface area contributed by atoms with Crippen LogP contribution in [0.3, 0.4) is 0 Å². The molecule has 1 aromatic heterocycles. The van der Waals surface area contributed by atoms with Crippen molar-refractivity contribution in [3.63, 3.8) is 0 Å². The zero-order valence-corrected chi connectivity index (χ0v) is 15.1. The van der Waals surface area contributed by atoms with Gasteiger partial charge < -0.3 is 5.11 Å². The van der Waals surface area contributed by atoms with Crippen molar-refractivity contribution in [1.29, 1.82) is 0 Å². The summed E-state index contributed by atoms with van der Waals surface area (Å²) >= 11 is 0. The molecular formula is C18H26N4O2+2. The van der Waals surface area contributed by atoms with Gasteiger partial charge in [0.25, 0.3) is 5.91 Å². The zero-order valence-electron chi connectivity index (χ0n) is 15.1. The van der Waals surface area contributed by atoms with E-state index in [0.29, 0.717) is 21.7 Å². The third-order valence-electron chi connectivity index (χ3n) is 4.67. The Morgan fingerprint density at radius 3 is 2.67 bits per heavy atom. The Morgan fingerprint density at radius 1 is 1.46 bits per heavy atom. The van der Waals surface area contributed by atoms with Gasteiger partial charge in [0.2, 0.25) is 5.69 Å². The lowest BCUT2D eigenvalue weighted by molar-refractivity contribution is -0.664. The second-order valence-corrected chi connectivity index (χ2v) is 7.53. The highest BCUT2D eigenvalue weighted by molar-refractivity contribution is 6.24. The second-order valence-electron chi connectivity index (χ2n) is 7.53. The van der Waals surface area contributed by atoms with Crippen molar-refractivity contribution in [2.75, 3.05) is 20.7 Å². The van der Waals surface area contributed by atoms with Crippen LogP contribution in [0.15, 0.2) is 17.4 Å². The van der Waals surface area contributed by atoms with Crippen molar-refractivity contribution >= 4 is 23.0 Å². The Kier molecular flexibility index (Phi) is 4.13. The van der Waals surface area contributed by atoms with Crippen LogP contribution in [-0.4, -0.2) is 42.4 Å². The number of hydrogen-bond donors (Lipinski definition) is 1. The molecule has 0 unspecified atom stereocenters. The first-order valence-electron chi connectivity index (χ1n) is 8.45. The Hall–Kier alpha value is -1.92. The van der Waals surface area contributed by atoms with Gasteiger partial charge in [-0.05, 0) is 18.8 Å². The van der Waals surface area contributed by atoms with Crippen molar-refractivity contribution in [2.45, 2.75) is 32.6 Å². The lowest BCUT2D eigenvalue weighted by Crippen LogP contribution is -2.45. The highest BCUT2D eigenvalue weighted by Crippen LogP contribution is 2.41. The van der Waals surface area contributed by atoms with Gasteiger partial charge >= 0.3 is 5.82 Å². The summed E-state index contributed by atoms with van der Waals surface area (Å²) in [4.78, 5) is 21.7. The van der Waals surface area contributed by atoms with Crippen LogP contribution in [-0.2, 0) is 11.8 Å². The second kappa shape index (κ2) is 5.86. The van der Waals surface area contributed by atoms with Crippen LogP contribution >= 0.6 is 0 Å². The van der Waals surface area contributed by atoms with Crippen molar-refractivity contribution in [3.05, 3.63) is 23.8 Å². The predicted octanol–water partition coefficient (Wildman–Crippen LogP) is 1.32. The molecule has 1 aliphatic carbocycles. The van der Waals surface area contributed by atoms with Crippen LogP contribution in [0, 0.1) is 5.92 Å². The summed E-state index contributed by atoms with van der Waals surface area (Å²) in [5, 5.41) is 9.43. The van der Waals surface area contributed by atoms with Gasteiger partial charge in [0, 0.05) is 5.92 Å². The number of carbonyl (C=O) groups is 1. The number of amides is 1. The van der Waals surface area contributed by atoms with Crippen LogP contribution in [0.4, 0.5) is 5.82 Å². The number of hydrogen-bond acceptors (Lipinski definition) is 3. The fraction of sp³-hybridized carbons (Fsp3) is 0.556. The van der Waals surface area contributed by atoms with E-state index in [-0.39, 0.29) is 18.4 Å². The highest BCUT2D eigenvalue weighted by Gasteiger charge is 2.45. The molecular weight excluding hydrogens is 304 g/mol. The molecule has 0 atom stereocenters. The molecule has 1 saturated carbocycles. The average molecular weight is 330 g/mol. The molecule has 0 spiro atoms. The first-order chi connectivity index (χ1) is 11.2. The normalized spacial score (nSPS) is 19.5. The molecule has 6 nitrogen and oxygen atoms in total. The molecule has 0 bridgehead atoms. The molecule has 2 heterocycles. The van der Waals surface area contributed by atoms with Gasteiger partial charge in [0.15, 0.2) is 6.20 Å². The summed E-state index contributed by atoms with van der Waals surface area (Å²) < 4.78 is 2.53. The van der Waals surface area contributed by atoms with E-state index in [9.17, 15) is 9.90 Å². The van der Waals surface area contributed by atoms with E-state index in [0.717, 1.165) is 30.0 Å². The molecule has 0 saturated heterocycles. The van der Waals surface area contributed by atoms with Crippen LogP contribution < -0.4 is 9.05 Å². The summed E-state index contributed by atoms with van der Waals surface area (Å²) in [6.07, 6.45) is 6.30. The molecule has 0 aromatic carbocycles. The van der Waals surface area contributed by atoms with Gasteiger partial charge in [0.05, 0.1) is 26.4 Å². The number of rotatable bonds is 4. The topological polar surface area (TPSA) is 66.4 Å². The van der Waals surface area contributed by atoms with Gasteiger partial charge in [-0.25, -0.2) is 14.5 Å². The summed E-state index contributed by atoms with van der Waals surface area (Å²) in [7, 11) is 6.05. The summed E-state index contributed by atoms with van der Waals surface area (Å²) in [5.74, 6) is 1.21. The van der Waals surface area contributed by atoms with Gasteiger partial charge in [-0.2, -0.15) is 4.57 Å². The molecule has 2 aliphatic rings. The van der Waals surface area contributed by atoms with Gasteiger partial charge in [-0.15, -0.1) is 0 Å². The number of fused-ring (bicyclic) bond motifs is 1. The Balaban J connectivity index is 2.07. The maximum Gasteiger partial charge on any atom is 0.400 e. The van der Waals surface area contributed by atoms with E-state index in [1.165, 1.54) is 0 Å². The van der Waals surface area contributed by atoms with Crippen molar-refractivity contribution in [2.24, 2.45) is 18.0 Å². The maximum absolute atomic E-state index is 12.8. The molecule has 24 heavy (non-hydrogen) atoms. The average Bonchev–Trinajstić information content (AvgIpc) is 3.29. The molecule has 6 heteroatoms. The van der Waals surface area contributed by atoms with E-state index in [2.05, 4.69) is 15.8 Å². The Bertz CT molecular complexity index is 759. The minimum atomic E-state index is -0.321. The van der Waals surface area contributed by atoms with Gasteiger partial charge in [-0.1, -0.05) is 13.8 Å². The summed E-state index contributed by atoms with van der Waals surface area (Å²) in [5.41, 5.74) is 2.80. The first-order valence-corrected chi connectivity index (χ1v) is 8.45. The van der Waals surface area contributed by atoms with E-state index in [4.69, 9.17) is 4.98 Å². The molecule has 1 fully saturated rings. The Labute approximate surface area is 142 Å². The van der Waals surface area contributed by atoms with Gasteiger partial charge in [0.1, 0.15) is 24.5 Å². The molecule has 1 aliphatic heterocycles. The van der Waals surface area contributed by atoms with Crippen LogP contribution in [0.5, 0.6) is 0 Å². The Morgan fingerprint density at radius 2 is 2.12 bits per heavy atom. The third kappa shape index (κ3) is 2.91. The van der Waals surface area contributed by atoms with Crippen LogP contribution in [0.25, 0.3) is 5.57 Å². The lowest BCUT2D eigenvalue weighted by Gasteiger charge is -2.16. The van der Waals surface area contributed by atoms with Crippen LogP contribution in [0.2, 0.25) is 0 Å². The number of aliphatic hydroxyl groups is 1. The monoisotopic (exact) mass is 330 g/mol. The van der Waals surface area contributed by atoms with E-state index in [1.54, 1.807) is 0 Å². The standard InChI is InChI=1S/C18H26N4O2/c1-11(2)15(10-23)20-17(24)13-9-22(4,5)18-16(13)19-14(8-21(18)3)12-6-7-12/h8-9,11-12,23H,6-7,10H2,1-5H3/q+2. The van der Waals surface area contributed by atoms with E-state index < -0.39 is 0 Å². The molecule has 1 N–H and O–H groups in total. The number of aliphatic hydroxyl groups excluding tert-OH is 1. The van der Waals surface area contributed by atoms with Crippen molar-refractivity contribution in [1.82, 2.24) is 9.47 Å². The molecule has 0 radical (unpaired) electrons. The molecule has 1 aromatic rings. The number of aromatic nitrogens is 2. The number of aryl methyl sites for hydroxylation is 1. The maximum atomic E-state index is 12.8. The molecule has 128 valence electrons. The van der Waals surface area contributed by atoms with E-state index >= 15 is 0 Å². The largest absolute Gasteiger partial charge is 0.400 e. The summed E-state index contributed by atoms with van der Waals surface area (Å²) in [6.45, 7) is 3.64. The molecule has 1 amide bonds. The smallest absolute Gasteiger partial charge is 0.390 e. The fourth-order valence-corrected chi connectivity index (χ4v) is 3.21.